The molecular weight excluding hydrogens is 366 g/mol. The Balaban J connectivity index is 2.25. The summed E-state index contributed by atoms with van der Waals surface area (Å²) in [5.74, 6) is -0.781. The third-order valence-electron chi connectivity index (χ3n) is 4.29. The number of benzene rings is 2. The van der Waals surface area contributed by atoms with E-state index in [-0.39, 0.29) is 23.5 Å². The van der Waals surface area contributed by atoms with E-state index < -0.39 is 5.97 Å². The number of carbonyl (C=O) groups is 2. The van der Waals surface area contributed by atoms with Crippen molar-refractivity contribution in [3.63, 3.8) is 0 Å². The molecule has 2 aromatic carbocycles. The van der Waals surface area contributed by atoms with Gasteiger partial charge in [-0.1, -0.05) is 11.6 Å². The third-order valence-corrected chi connectivity index (χ3v) is 4.54. The van der Waals surface area contributed by atoms with Gasteiger partial charge in [-0.25, -0.2) is 4.79 Å². The van der Waals surface area contributed by atoms with Crippen LogP contribution >= 0.6 is 11.6 Å². The average Bonchev–Trinajstić information content (AvgIpc) is 2.67. The van der Waals surface area contributed by atoms with Crippen molar-refractivity contribution in [1.29, 1.82) is 0 Å². The molecule has 3 rings (SSSR count). The first-order valence-corrected chi connectivity index (χ1v) is 8.99. The van der Waals surface area contributed by atoms with E-state index >= 15 is 0 Å². The summed E-state index contributed by atoms with van der Waals surface area (Å²) in [7, 11) is 0. The highest BCUT2D eigenvalue weighted by atomic mass is 35.5. The summed E-state index contributed by atoms with van der Waals surface area (Å²) in [5.41, 5.74) is 1.31. The number of esters is 1. The second kappa shape index (κ2) is 7.76. The Bertz CT molecular complexity index is 1080. The summed E-state index contributed by atoms with van der Waals surface area (Å²) in [4.78, 5) is 37.6. The highest BCUT2D eigenvalue weighted by Crippen LogP contribution is 2.23. The molecule has 1 aromatic heterocycles. The van der Waals surface area contributed by atoms with Crippen LogP contribution in [0, 0.1) is 0 Å². The Morgan fingerprint density at radius 2 is 1.67 bits per heavy atom. The number of ketones is 1. The Morgan fingerprint density at radius 1 is 1.00 bits per heavy atom. The molecule has 0 saturated carbocycles. The Hall–Kier alpha value is -2.92. The average molecular weight is 384 g/mol. The van der Waals surface area contributed by atoms with Gasteiger partial charge in [0.25, 0.3) is 5.56 Å². The maximum absolute atomic E-state index is 13.0. The Morgan fingerprint density at radius 3 is 2.30 bits per heavy atom. The number of fused-ring (bicyclic) bond motifs is 1. The quantitative estimate of drug-likeness (QED) is 0.492. The van der Waals surface area contributed by atoms with E-state index in [2.05, 4.69) is 0 Å². The zero-order chi connectivity index (χ0) is 19.6. The second-order valence-electron chi connectivity index (χ2n) is 5.93. The van der Waals surface area contributed by atoms with Crippen LogP contribution < -0.4 is 5.56 Å². The van der Waals surface area contributed by atoms with E-state index in [9.17, 15) is 14.4 Å². The molecule has 0 amide bonds. The summed E-state index contributed by atoms with van der Waals surface area (Å²) in [6.45, 7) is 4.27. The molecular formula is C21H18ClNO4. The van der Waals surface area contributed by atoms with Gasteiger partial charge in [-0.2, -0.15) is 0 Å². The molecule has 0 aliphatic rings. The van der Waals surface area contributed by atoms with Crippen LogP contribution in [0.2, 0.25) is 5.02 Å². The first kappa shape index (κ1) is 18.9. The standard InChI is InChI=1S/C21H18ClNO4/c1-3-23-18-10-7-14(21(26)27-4-2)11-16(18)17(12-19(23)24)20(25)13-5-8-15(22)9-6-13/h5-12H,3-4H2,1-2H3. The molecule has 0 spiro atoms. The summed E-state index contributed by atoms with van der Waals surface area (Å²) in [5, 5.41) is 1.05. The molecule has 0 saturated heterocycles. The van der Waals surface area contributed by atoms with Crippen molar-refractivity contribution in [2.75, 3.05) is 6.61 Å². The molecule has 0 radical (unpaired) electrons. The highest BCUT2D eigenvalue weighted by Gasteiger charge is 2.18. The predicted molar refractivity (Wildman–Crippen MR) is 105 cm³/mol. The van der Waals surface area contributed by atoms with Crippen LogP contribution in [0.1, 0.15) is 40.1 Å². The lowest BCUT2D eigenvalue weighted by Crippen LogP contribution is -2.21. The zero-order valence-electron chi connectivity index (χ0n) is 15.0. The van der Waals surface area contributed by atoms with Crippen molar-refractivity contribution in [3.05, 3.63) is 80.6 Å². The normalized spacial score (nSPS) is 10.8. The second-order valence-corrected chi connectivity index (χ2v) is 6.37. The van der Waals surface area contributed by atoms with Crippen molar-refractivity contribution >= 4 is 34.3 Å². The minimum Gasteiger partial charge on any atom is -0.462 e. The number of halogens is 1. The van der Waals surface area contributed by atoms with E-state index in [4.69, 9.17) is 16.3 Å². The molecule has 6 heteroatoms. The molecule has 0 unspecified atom stereocenters. The number of aromatic nitrogens is 1. The maximum atomic E-state index is 13.0. The smallest absolute Gasteiger partial charge is 0.338 e. The molecule has 3 aromatic rings. The number of ether oxygens (including phenoxy) is 1. The van der Waals surface area contributed by atoms with Crippen LogP contribution in [-0.2, 0) is 11.3 Å². The first-order chi connectivity index (χ1) is 13.0. The van der Waals surface area contributed by atoms with Gasteiger partial charge in [0, 0.05) is 34.1 Å². The van der Waals surface area contributed by atoms with E-state index in [0.717, 1.165) is 0 Å². The van der Waals surface area contributed by atoms with Gasteiger partial charge in [0.2, 0.25) is 0 Å². The molecule has 5 nitrogen and oxygen atoms in total. The number of hydrogen-bond acceptors (Lipinski definition) is 4. The van der Waals surface area contributed by atoms with Crippen molar-refractivity contribution in [2.45, 2.75) is 20.4 Å². The number of hydrogen-bond donors (Lipinski definition) is 0. The van der Waals surface area contributed by atoms with E-state index in [0.29, 0.717) is 33.6 Å². The van der Waals surface area contributed by atoms with Crippen LogP contribution in [-0.4, -0.2) is 22.9 Å². The van der Waals surface area contributed by atoms with Crippen molar-refractivity contribution in [3.8, 4) is 0 Å². The van der Waals surface area contributed by atoms with Crippen molar-refractivity contribution < 1.29 is 14.3 Å². The third kappa shape index (κ3) is 3.64. The fourth-order valence-electron chi connectivity index (χ4n) is 3.00. The number of nitrogens with zero attached hydrogens (tertiary/aromatic N) is 1. The molecule has 0 N–H and O–H groups in total. The zero-order valence-corrected chi connectivity index (χ0v) is 15.7. The lowest BCUT2D eigenvalue weighted by Gasteiger charge is -2.13. The van der Waals surface area contributed by atoms with Gasteiger partial charge in [0.15, 0.2) is 5.78 Å². The van der Waals surface area contributed by atoms with Crippen LogP contribution in [0.4, 0.5) is 0 Å². The number of rotatable bonds is 5. The SMILES string of the molecule is CCOC(=O)c1ccc2c(c1)c(C(=O)c1ccc(Cl)cc1)cc(=O)n2CC. The van der Waals surface area contributed by atoms with Gasteiger partial charge in [-0.15, -0.1) is 0 Å². The van der Waals surface area contributed by atoms with Gasteiger partial charge >= 0.3 is 5.97 Å². The fraction of sp³-hybridized carbons (Fsp3) is 0.190. The summed E-state index contributed by atoms with van der Waals surface area (Å²) in [6.07, 6.45) is 0. The van der Waals surface area contributed by atoms with Gasteiger partial charge < -0.3 is 9.30 Å². The van der Waals surface area contributed by atoms with Gasteiger partial charge in [-0.3, -0.25) is 9.59 Å². The Kier molecular flexibility index (Phi) is 5.42. The van der Waals surface area contributed by atoms with Gasteiger partial charge in [-0.05, 0) is 56.3 Å². The first-order valence-electron chi connectivity index (χ1n) is 8.61. The number of aryl methyl sites for hydroxylation is 1. The molecule has 0 bridgehead atoms. The lowest BCUT2D eigenvalue weighted by molar-refractivity contribution is 0.0526. The van der Waals surface area contributed by atoms with Gasteiger partial charge in [0.1, 0.15) is 0 Å². The van der Waals surface area contributed by atoms with E-state index in [1.165, 1.54) is 6.07 Å². The topological polar surface area (TPSA) is 65.4 Å². The minimum atomic E-state index is -0.474. The molecule has 0 fully saturated rings. The van der Waals surface area contributed by atoms with E-state index in [1.807, 2.05) is 6.92 Å². The predicted octanol–water partition coefficient (Wildman–Crippen LogP) is 4.08. The highest BCUT2D eigenvalue weighted by molar-refractivity contribution is 6.30. The van der Waals surface area contributed by atoms with Gasteiger partial charge in [0.05, 0.1) is 17.7 Å². The summed E-state index contributed by atoms with van der Waals surface area (Å²) < 4.78 is 6.61. The van der Waals surface area contributed by atoms with Crippen molar-refractivity contribution in [1.82, 2.24) is 4.57 Å². The molecule has 0 atom stereocenters. The molecule has 0 aliphatic heterocycles. The van der Waals surface area contributed by atoms with Crippen LogP contribution in [0.3, 0.4) is 0 Å². The lowest BCUT2D eigenvalue weighted by atomic mass is 9.98. The molecule has 27 heavy (non-hydrogen) atoms. The Labute approximate surface area is 161 Å². The fourth-order valence-corrected chi connectivity index (χ4v) is 3.12. The summed E-state index contributed by atoms with van der Waals surface area (Å²) in [6, 6.07) is 12.6. The molecule has 1 heterocycles. The van der Waals surface area contributed by atoms with Crippen LogP contribution in [0.15, 0.2) is 53.3 Å². The number of pyridine rings is 1. The van der Waals surface area contributed by atoms with Crippen LogP contribution in [0.5, 0.6) is 0 Å². The monoisotopic (exact) mass is 383 g/mol. The number of carbonyl (C=O) groups excluding carboxylic acids is 2. The summed E-state index contributed by atoms with van der Waals surface area (Å²) >= 11 is 5.89. The van der Waals surface area contributed by atoms with E-state index in [1.54, 1.807) is 54.0 Å². The van der Waals surface area contributed by atoms with Crippen LogP contribution in [0.25, 0.3) is 10.9 Å². The largest absolute Gasteiger partial charge is 0.462 e. The minimum absolute atomic E-state index is 0.244. The molecule has 0 aliphatic carbocycles. The van der Waals surface area contributed by atoms with Crippen molar-refractivity contribution in [2.24, 2.45) is 0 Å². The molecule has 138 valence electrons. The maximum Gasteiger partial charge on any atom is 0.338 e.